The molecule has 1 atom stereocenters. The summed E-state index contributed by atoms with van der Waals surface area (Å²) in [6, 6.07) is 22.0. The highest BCUT2D eigenvalue weighted by Gasteiger charge is 2.19. The van der Waals surface area contributed by atoms with Crippen LogP contribution in [-0.4, -0.2) is 4.90 Å². The van der Waals surface area contributed by atoms with Gasteiger partial charge in [0, 0.05) is 12.2 Å². The first kappa shape index (κ1) is 15.6. The van der Waals surface area contributed by atoms with Crippen molar-refractivity contribution in [3.63, 3.8) is 0 Å². The zero-order valence-electron chi connectivity index (χ0n) is 14.1. The fourth-order valence-electron chi connectivity index (χ4n) is 3.25. The summed E-state index contributed by atoms with van der Waals surface area (Å²) in [4.78, 5) is 2.56. The Kier molecular flexibility index (Phi) is 4.97. The van der Waals surface area contributed by atoms with Crippen molar-refractivity contribution in [3.8, 4) is 0 Å². The zero-order chi connectivity index (χ0) is 16.1. The number of allylic oxidation sites excluding steroid dienone is 4. The maximum Gasteiger partial charge on any atom is 0.0515 e. The topological polar surface area (TPSA) is 3.24 Å². The smallest absolute Gasteiger partial charge is 0.0515 e. The van der Waals surface area contributed by atoms with Crippen LogP contribution in [0.15, 0.2) is 84.1 Å². The standard InChI is InChI=1S/C22H25N/c1-18-10-9-15-22(16-18)23(17-20-11-5-3-6-12-20)19(2)21-13-7-4-8-14-21/h3-8,10-14,16,19H,9,15,17H2,1-2H3/t19-/m1/s1. The third-order valence-corrected chi connectivity index (χ3v) is 4.58. The molecule has 0 unspecified atom stereocenters. The van der Waals surface area contributed by atoms with Gasteiger partial charge in [0.05, 0.1) is 6.04 Å². The van der Waals surface area contributed by atoms with E-state index in [1.807, 2.05) is 0 Å². The molecule has 0 aromatic heterocycles. The van der Waals surface area contributed by atoms with E-state index in [2.05, 4.69) is 91.6 Å². The molecule has 1 nitrogen and oxygen atoms in total. The van der Waals surface area contributed by atoms with Gasteiger partial charge in [-0.25, -0.2) is 0 Å². The molecule has 118 valence electrons. The number of nitrogens with zero attached hydrogens (tertiary/aromatic N) is 1. The van der Waals surface area contributed by atoms with Crippen molar-refractivity contribution in [2.24, 2.45) is 0 Å². The van der Waals surface area contributed by atoms with Crippen molar-refractivity contribution >= 4 is 0 Å². The summed E-state index contributed by atoms with van der Waals surface area (Å²) in [6.45, 7) is 5.47. The van der Waals surface area contributed by atoms with Gasteiger partial charge in [-0.1, -0.05) is 72.3 Å². The number of hydrogen-bond acceptors (Lipinski definition) is 1. The van der Waals surface area contributed by atoms with Crippen molar-refractivity contribution < 1.29 is 0 Å². The van der Waals surface area contributed by atoms with E-state index in [1.54, 1.807) is 0 Å². The van der Waals surface area contributed by atoms with Gasteiger partial charge in [-0.2, -0.15) is 0 Å². The second-order valence-corrected chi connectivity index (χ2v) is 6.32. The molecule has 0 heterocycles. The van der Waals surface area contributed by atoms with Gasteiger partial charge >= 0.3 is 0 Å². The predicted octanol–water partition coefficient (Wildman–Crippen LogP) is 5.87. The minimum absolute atomic E-state index is 0.369. The molecule has 0 spiro atoms. The summed E-state index contributed by atoms with van der Waals surface area (Å²) >= 11 is 0. The van der Waals surface area contributed by atoms with Gasteiger partial charge in [-0.3, -0.25) is 0 Å². The molecule has 0 saturated heterocycles. The quantitative estimate of drug-likeness (QED) is 0.667. The van der Waals surface area contributed by atoms with Crippen LogP contribution >= 0.6 is 0 Å². The zero-order valence-corrected chi connectivity index (χ0v) is 14.1. The Morgan fingerprint density at radius 1 is 0.957 bits per heavy atom. The van der Waals surface area contributed by atoms with E-state index in [9.17, 15) is 0 Å². The van der Waals surface area contributed by atoms with Gasteiger partial charge < -0.3 is 4.90 Å². The molecule has 0 radical (unpaired) electrons. The highest BCUT2D eigenvalue weighted by atomic mass is 15.2. The van der Waals surface area contributed by atoms with E-state index in [1.165, 1.54) is 22.4 Å². The SMILES string of the molecule is CC1=CCCC(N(Cc2ccccc2)[C@H](C)c2ccccc2)=C1. The molecule has 0 N–H and O–H groups in total. The Morgan fingerprint density at radius 2 is 1.61 bits per heavy atom. The highest BCUT2D eigenvalue weighted by molar-refractivity contribution is 5.29. The minimum atomic E-state index is 0.369. The van der Waals surface area contributed by atoms with Crippen molar-refractivity contribution in [1.29, 1.82) is 0 Å². The Balaban J connectivity index is 1.91. The summed E-state index contributed by atoms with van der Waals surface area (Å²) in [5.74, 6) is 0. The molecule has 0 saturated carbocycles. The minimum Gasteiger partial charge on any atom is -0.364 e. The highest BCUT2D eigenvalue weighted by Crippen LogP contribution is 2.31. The van der Waals surface area contributed by atoms with E-state index in [0.29, 0.717) is 6.04 Å². The molecule has 1 aliphatic rings. The average molecular weight is 303 g/mol. The first-order chi connectivity index (χ1) is 11.2. The molecule has 1 heteroatoms. The lowest BCUT2D eigenvalue weighted by molar-refractivity contribution is 0.253. The maximum atomic E-state index is 2.56. The Labute approximate surface area is 140 Å². The van der Waals surface area contributed by atoms with Crippen LogP contribution in [0.4, 0.5) is 0 Å². The van der Waals surface area contributed by atoms with Crippen LogP contribution in [0.1, 0.15) is 43.9 Å². The van der Waals surface area contributed by atoms with Crippen LogP contribution < -0.4 is 0 Å². The number of benzene rings is 2. The van der Waals surface area contributed by atoms with Crippen molar-refractivity contribution in [1.82, 2.24) is 4.90 Å². The fraction of sp³-hybridized carbons (Fsp3) is 0.273. The molecule has 2 aromatic carbocycles. The first-order valence-corrected chi connectivity index (χ1v) is 8.47. The van der Waals surface area contributed by atoms with Crippen molar-refractivity contribution in [2.45, 2.75) is 39.3 Å². The van der Waals surface area contributed by atoms with Gasteiger partial charge in [0.25, 0.3) is 0 Å². The second-order valence-electron chi connectivity index (χ2n) is 6.32. The van der Waals surface area contributed by atoms with Crippen LogP contribution in [0.3, 0.4) is 0 Å². The molecule has 0 amide bonds. The molecule has 3 rings (SSSR count). The summed E-state index contributed by atoms with van der Waals surface area (Å²) in [5, 5.41) is 0. The van der Waals surface area contributed by atoms with Crippen LogP contribution in [-0.2, 0) is 6.54 Å². The van der Waals surface area contributed by atoms with E-state index >= 15 is 0 Å². The Bertz CT molecular complexity index is 682. The normalized spacial score (nSPS) is 15.6. The lowest BCUT2D eigenvalue weighted by atomic mass is 9.99. The number of hydrogen-bond donors (Lipinski definition) is 0. The van der Waals surface area contributed by atoms with Crippen LogP contribution in [0, 0.1) is 0 Å². The van der Waals surface area contributed by atoms with Crippen LogP contribution in [0.25, 0.3) is 0 Å². The van der Waals surface area contributed by atoms with E-state index in [4.69, 9.17) is 0 Å². The lowest BCUT2D eigenvalue weighted by Gasteiger charge is -2.35. The summed E-state index contributed by atoms with van der Waals surface area (Å²) in [5.41, 5.74) is 5.56. The Hall–Kier alpha value is -2.28. The van der Waals surface area contributed by atoms with Gasteiger partial charge in [0.1, 0.15) is 0 Å². The van der Waals surface area contributed by atoms with Crippen molar-refractivity contribution in [2.75, 3.05) is 0 Å². The van der Waals surface area contributed by atoms with Gasteiger partial charge in [0.2, 0.25) is 0 Å². The molecule has 0 bridgehead atoms. The maximum absolute atomic E-state index is 2.56. The average Bonchev–Trinajstić information content (AvgIpc) is 2.61. The largest absolute Gasteiger partial charge is 0.364 e. The van der Waals surface area contributed by atoms with Gasteiger partial charge in [0.15, 0.2) is 0 Å². The van der Waals surface area contributed by atoms with Gasteiger partial charge in [-0.15, -0.1) is 0 Å². The van der Waals surface area contributed by atoms with Gasteiger partial charge in [-0.05, 0) is 43.9 Å². The molecular formula is C22H25N. The third-order valence-electron chi connectivity index (χ3n) is 4.58. The summed E-state index contributed by atoms with van der Waals surface area (Å²) in [7, 11) is 0. The molecular weight excluding hydrogens is 278 g/mol. The second kappa shape index (κ2) is 7.32. The molecule has 1 aliphatic carbocycles. The number of rotatable bonds is 5. The molecule has 2 aromatic rings. The summed E-state index contributed by atoms with van der Waals surface area (Å²) < 4.78 is 0. The molecule has 23 heavy (non-hydrogen) atoms. The van der Waals surface area contributed by atoms with Crippen LogP contribution in [0.5, 0.6) is 0 Å². The van der Waals surface area contributed by atoms with E-state index in [-0.39, 0.29) is 0 Å². The molecule has 0 fully saturated rings. The monoisotopic (exact) mass is 303 g/mol. The van der Waals surface area contributed by atoms with E-state index < -0.39 is 0 Å². The third kappa shape index (κ3) is 3.92. The first-order valence-electron chi connectivity index (χ1n) is 8.47. The lowest BCUT2D eigenvalue weighted by Crippen LogP contribution is -2.27. The van der Waals surface area contributed by atoms with Crippen LogP contribution in [0.2, 0.25) is 0 Å². The predicted molar refractivity (Wildman–Crippen MR) is 97.9 cm³/mol. The Morgan fingerprint density at radius 3 is 2.26 bits per heavy atom. The van der Waals surface area contributed by atoms with Crippen molar-refractivity contribution in [3.05, 3.63) is 95.2 Å². The fourth-order valence-corrected chi connectivity index (χ4v) is 3.25. The summed E-state index contributed by atoms with van der Waals surface area (Å²) in [6.07, 6.45) is 6.95. The molecule has 0 aliphatic heterocycles. The van der Waals surface area contributed by atoms with E-state index in [0.717, 1.165) is 19.4 Å².